The SMILES string of the molecule is CCCCCCCC(C)CC(CC)CCCCCCC.[LiH]. The molecule has 0 aliphatic heterocycles. The molecule has 0 rings (SSSR count). The molecule has 0 amide bonds. The van der Waals surface area contributed by atoms with Crippen molar-refractivity contribution in [3.63, 3.8) is 0 Å². The van der Waals surface area contributed by atoms with Crippen molar-refractivity contribution >= 4 is 18.9 Å². The Bertz CT molecular complexity index is 179. The van der Waals surface area contributed by atoms with Gasteiger partial charge in [0, 0.05) is 0 Å². The molecule has 0 nitrogen and oxygen atoms in total. The second kappa shape index (κ2) is 18.6. The first-order chi connectivity index (χ1) is 9.74. The Kier molecular flexibility index (Phi) is 21.2. The number of unbranched alkanes of at least 4 members (excludes halogenated alkanes) is 8. The van der Waals surface area contributed by atoms with E-state index in [1.54, 1.807) is 0 Å². The molecule has 0 saturated heterocycles. The first kappa shape index (κ1) is 23.9. The summed E-state index contributed by atoms with van der Waals surface area (Å²) in [5.41, 5.74) is 0. The Labute approximate surface area is 148 Å². The summed E-state index contributed by atoms with van der Waals surface area (Å²) in [6, 6.07) is 0. The third-order valence-electron chi connectivity index (χ3n) is 4.83. The minimum atomic E-state index is 0. The van der Waals surface area contributed by atoms with Gasteiger partial charge >= 0.3 is 18.9 Å². The Morgan fingerprint density at radius 1 is 0.619 bits per heavy atom. The normalized spacial score (nSPS) is 13.7. The van der Waals surface area contributed by atoms with Gasteiger partial charge < -0.3 is 0 Å². The van der Waals surface area contributed by atoms with Crippen LogP contribution in [0.1, 0.15) is 118 Å². The first-order valence-corrected chi connectivity index (χ1v) is 9.74. The van der Waals surface area contributed by atoms with Gasteiger partial charge in [0.05, 0.1) is 0 Å². The fourth-order valence-electron chi connectivity index (χ4n) is 3.31. The zero-order chi connectivity index (χ0) is 15.1. The third kappa shape index (κ3) is 16.8. The van der Waals surface area contributed by atoms with Crippen LogP contribution >= 0.6 is 0 Å². The summed E-state index contributed by atoms with van der Waals surface area (Å²) in [5, 5.41) is 0. The van der Waals surface area contributed by atoms with Crippen molar-refractivity contribution < 1.29 is 0 Å². The summed E-state index contributed by atoms with van der Waals surface area (Å²) in [7, 11) is 0. The van der Waals surface area contributed by atoms with Crippen molar-refractivity contribution in [2.45, 2.75) is 118 Å². The minimum absolute atomic E-state index is 0. The molecule has 2 unspecified atom stereocenters. The van der Waals surface area contributed by atoms with E-state index in [2.05, 4.69) is 27.7 Å². The Hall–Kier alpha value is 0.597. The molecule has 21 heavy (non-hydrogen) atoms. The van der Waals surface area contributed by atoms with Crippen molar-refractivity contribution in [2.75, 3.05) is 0 Å². The molecular formula is C20H43Li. The van der Waals surface area contributed by atoms with E-state index in [1.807, 2.05) is 0 Å². The molecule has 0 radical (unpaired) electrons. The molecule has 0 bridgehead atoms. The average molecular weight is 291 g/mol. The van der Waals surface area contributed by atoms with Crippen molar-refractivity contribution in [1.82, 2.24) is 0 Å². The second-order valence-electron chi connectivity index (χ2n) is 7.02. The molecule has 0 aromatic carbocycles. The predicted octanol–water partition coefficient (Wildman–Crippen LogP) is 7.11. The summed E-state index contributed by atoms with van der Waals surface area (Å²) < 4.78 is 0. The summed E-state index contributed by atoms with van der Waals surface area (Å²) in [6.45, 7) is 9.48. The Morgan fingerprint density at radius 3 is 1.57 bits per heavy atom. The van der Waals surface area contributed by atoms with Gasteiger partial charge in [0.15, 0.2) is 0 Å². The monoisotopic (exact) mass is 290 g/mol. The number of hydrogen-bond donors (Lipinski definition) is 0. The molecule has 0 heterocycles. The summed E-state index contributed by atoms with van der Waals surface area (Å²) >= 11 is 0. The Balaban J connectivity index is 0. The van der Waals surface area contributed by atoms with Crippen molar-refractivity contribution in [3.05, 3.63) is 0 Å². The maximum absolute atomic E-state index is 2.49. The Morgan fingerprint density at radius 2 is 1.10 bits per heavy atom. The van der Waals surface area contributed by atoms with Gasteiger partial charge in [-0.15, -0.1) is 0 Å². The standard InChI is InChI=1S/C20H42.Li.H/c1-5-8-10-12-14-16-19(4)18-20(7-3)17-15-13-11-9-6-2;;/h19-20H,5-18H2,1-4H3;;. The van der Waals surface area contributed by atoms with E-state index in [0.717, 1.165) is 11.8 Å². The number of hydrogen-bond acceptors (Lipinski definition) is 0. The van der Waals surface area contributed by atoms with Gasteiger partial charge in [0.2, 0.25) is 0 Å². The van der Waals surface area contributed by atoms with Crippen LogP contribution in [-0.4, -0.2) is 18.9 Å². The van der Waals surface area contributed by atoms with Crippen LogP contribution < -0.4 is 0 Å². The van der Waals surface area contributed by atoms with Crippen LogP contribution in [0.15, 0.2) is 0 Å². The summed E-state index contributed by atoms with van der Waals surface area (Å²) in [5.74, 6) is 1.96. The molecule has 0 saturated carbocycles. The van der Waals surface area contributed by atoms with E-state index in [4.69, 9.17) is 0 Å². The van der Waals surface area contributed by atoms with Crippen LogP contribution in [0.4, 0.5) is 0 Å². The van der Waals surface area contributed by atoms with Gasteiger partial charge in [-0.05, 0) is 18.3 Å². The molecule has 1 heteroatoms. The molecule has 0 spiro atoms. The molecule has 0 aliphatic carbocycles. The fourth-order valence-corrected chi connectivity index (χ4v) is 3.31. The molecule has 2 atom stereocenters. The average Bonchev–Trinajstić information content (AvgIpc) is 2.45. The van der Waals surface area contributed by atoms with Crippen LogP contribution in [0.3, 0.4) is 0 Å². The molecule has 0 aliphatic rings. The summed E-state index contributed by atoms with van der Waals surface area (Å²) in [6.07, 6.45) is 20.2. The van der Waals surface area contributed by atoms with Gasteiger partial charge in [-0.3, -0.25) is 0 Å². The van der Waals surface area contributed by atoms with E-state index in [1.165, 1.54) is 89.9 Å². The molecule has 0 N–H and O–H groups in total. The summed E-state index contributed by atoms with van der Waals surface area (Å²) in [4.78, 5) is 0. The van der Waals surface area contributed by atoms with E-state index < -0.39 is 0 Å². The van der Waals surface area contributed by atoms with Gasteiger partial charge in [-0.2, -0.15) is 0 Å². The molecule has 0 aromatic rings. The first-order valence-electron chi connectivity index (χ1n) is 9.74. The van der Waals surface area contributed by atoms with E-state index in [0.29, 0.717) is 0 Å². The maximum atomic E-state index is 2.49. The second-order valence-corrected chi connectivity index (χ2v) is 7.02. The quantitative estimate of drug-likeness (QED) is 0.223. The number of rotatable bonds is 15. The van der Waals surface area contributed by atoms with Crippen LogP contribution in [0.5, 0.6) is 0 Å². The molecule has 124 valence electrons. The third-order valence-corrected chi connectivity index (χ3v) is 4.83. The zero-order valence-corrected chi connectivity index (χ0v) is 15.1. The van der Waals surface area contributed by atoms with Gasteiger partial charge in [0.25, 0.3) is 0 Å². The van der Waals surface area contributed by atoms with Crippen LogP contribution in [0.2, 0.25) is 0 Å². The van der Waals surface area contributed by atoms with Crippen LogP contribution in [0, 0.1) is 11.8 Å². The van der Waals surface area contributed by atoms with Crippen molar-refractivity contribution in [3.8, 4) is 0 Å². The van der Waals surface area contributed by atoms with E-state index >= 15 is 0 Å². The van der Waals surface area contributed by atoms with Gasteiger partial charge in [-0.1, -0.05) is 111 Å². The van der Waals surface area contributed by atoms with E-state index in [9.17, 15) is 0 Å². The van der Waals surface area contributed by atoms with Crippen molar-refractivity contribution in [1.29, 1.82) is 0 Å². The van der Waals surface area contributed by atoms with Crippen LogP contribution in [0.25, 0.3) is 0 Å². The predicted molar refractivity (Wildman–Crippen MR) is 101 cm³/mol. The molecule has 0 aromatic heterocycles. The zero-order valence-electron chi connectivity index (χ0n) is 15.1. The van der Waals surface area contributed by atoms with E-state index in [-0.39, 0.29) is 18.9 Å². The fraction of sp³-hybridized carbons (Fsp3) is 1.00. The topological polar surface area (TPSA) is 0 Å². The van der Waals surface area contributed by atoms with Gasteiger partial charge in [-0.25, -0.2) is 0 Å². The molecule has 0 fully saturated rings. The van der Waals surface area contributed by atoms with Crippen molar-refractivity contribution in [2.24, 2.45) is 11.8 Å². The van der Waals surface area contributed by atoms with Gasteiger partial charge in [0.1, 0.15) is 0 Å². The van der Waals surface area contributed by atoms with Crippen LogP contribution in [-0.2, 0) is 0 Å². The molecular weight excluding hydrogens is 247 g/mol.